The molecular weight excluding hydrogens is 440 g/mol. The molecule has 1 fully saturated rings. The lowest BCUT2D eigenvalue weighted by atomic mass is 9.96. The van der Waals surface area contributed by atoms with Crippen molar-refractivity contribution in [2.75, 3.05) is 26.2 Å². The van der Waals surface area contributed by atoms with E-state index in [2.05, 4.69) is 23.7 Å². The Morgan fingerprint density at radius 1 is 1.12 bits per heavy atom. The highest BCUT2D eigenvalue weighted by Crippen LogP contribution is 2.40. The highest BCUT2D eigenvalue weighted by atomic mass is 35.5. The first kappa shape index (κ1) is 23.0. The van der Waals surface area contributed by atoms with Crippen molar-refractivity contribution in [2.45, 2.75) is 26.8 Å². The molecule has 0 unspecified atom stereocenters. The van der Waals surface area contributed by atoms with Gasteiger partial charge in [-0.3, -0.25) is 14.0 Å². The number of benzene rings is 1. The Hall–Kier alpha value is -3.16. The van der Waals surface area contributed by atoms with Gasteiger partial charge in [-0.05, 0) is 49.8 Å². The summed E-state index contributed by atoms with van der Waals surface area (Å²) in [6.07, 6.45) is 1.78. The molecule has 1 saturated heterocycles. The average Bonchev–Trinajstić information content (AvgIpc) is 3.28. The van der Waals surface area contributed by atoms with Crippen LogP contribution in [0, 0.1) is 6.92 Å². The summed E-state index contributed by atoms with van der Waals surface area (Å²) in [7, 11) is 0. The molecule has 1 atom stereocenters. The van der Waals surface area contributed by atoms with Crippen LogP contribution in [-0.4, -0.2) is 62.2 Å². The Balaban J connectivity index is 1.87. The number of imidazole rings is 1. The Bertz CT molecular complexity index is 1230. The molecule has 0 spiro atoms. The van der Waals surface area contributed by atoms with Crippen LogP contribution in [0.5, 0.6) is 0 Å². The van der Waals surface area contributed by atoms with E-state index >= 15 is 0 Å². The molecule has 0 bridgehead atoms. The summed E-state index contributed by atoms with van der Waals surface area (Å²) >= 11 is 6.09. The van der Waals surface area contributed by atoms with Gasteiger partial charge < -0.3 is 14.9 Å². The molecule has 0 aliphatic carbocycles. The van der Waals surface area contributed by atoms with Gasteiger partial charge >= 0.3 is 0 Å². The number of aryl methyl sites for hydroxylation is 1. The van der Waals surface area contributed by atoms with Crippen molar-refractivity contribution in [3.8, 4) is 0 Å². The highest BCUT2D eigenvalue weighted by Gasteiger charge is 2.46. The fraction of sp³-hybridized carbons (Fsp3) is 0.320. The van der Waals surface area contributed by atoms with E-state index in [4.69, 9.17) is 11.6 Å². The number of amides is 1. The van der Waals surface area contributed by atoms with Crippen LogP contribution in [0.1, 0.15) is 36.8 Å². The largest absolute Gasteiger partial charge is 0.505 e. The fourth-order valence-corrected chi connectivity index (χ4v) is 4.54. The summed E-state index contributed by atoms with van der Waals surface area (Å²) < 4.78 is 1.73. The number of nitrogens with zero attached hydrogens (tertiary/aromatic N) is 4. The molecule has 7 nitrogen and oxygen atoms in total. The lowest BCUT2D eigenvalue weighted by molar-refractivity contribution is -0.140. The number of aliphatic hydroxyl groups is 1. The molecule has 3 heterocycles. The van der Waals surface area contributed by atoms with E-state index in [1.54, 1.807) is 46.7 Å². The zero-order valence-electron chi connectivity index (χ0n) is 19.0. The first-order valence-electron chi connectivity index (χ1n) is 11.1. The van der Waals surface area contributed by atoms with Gasteiger partial charge in [0.05, 0.1) is 17.3 Å². The number of likely N-dealkylation sites (tertiary alicyclic amines) is 1. The van der Waals surface area contributed by atoms with E-state index in [-0.39, 0.29) is 11.3 Å². The molecule has 0 saturated carbocycles. The van der Waals surface area contributed by atoms with E-state index < -0.39 is 17.7 Å². The number of rotatable bonds is 7. The highest BCUT2D eigenvalue weighted by molar-refractivity contribution is 6.46. The second kappa shape index (κ2) is 9.37. The molecule has 3 aromatic rings. The third-order valence-electron chi connectivity index (χ3n) is 6.21. The van der Waals surface area contributed by atoms with Gasteiger partial charge in [0.2, 0.25) is 0 Å². The molecule has 1 aliphatic heterocycles. The Morgan fingerprint density at radius 2 is 1.82 bits per heavy atom. The van der Waals surface area contributed by atoms with Crippen molar-refractivity contribution >= 4 is 34.7 Å². The lowest BCUT2D eigenvalue weighted by Crippen LogP contribution is -2.38. The minimum absolute atomic E-state index is 0.0654. The van der Waals surface area contributed by atoms with Crippen LogP contribution in [-0.2, 0) is 9.59 Å². The van der Waals surface area contributed by atoms with Crippen LogP contribution in [0.4, 0.5) is 0 Å². The van der Waals surface area contributed by atoms with E-state index in [0.29, 0.717) is 40.7 Å². The van der Waals surface area contributed by atoms with Crippen LogP contribution >= 0.6 is 11.6 Å². The fourth-order valence-electron chi connectivity index (χ4n) is 4.42. The zero-order valence-corrected chi connectivity index (χ0v) is 19.7. The van der Waals surface area contributed by atoms with Crippen molar-refractivity contribution in [2.24, 2.45) is 0 Å². The van der Waals surface area contributed by atoms with Crippen LogP contribution in [0.3, 0.4) is 0 Å². The standard InChI is InChI=1S/C25H27ClN4O3/c1-4-28(5-2)14-15-30-22(17-9-11-18(26)12-10-17)20(24(32)25(30)33)23(31)21-16(3)27-19-8-6-7-13-29(19)21/h6-13,22,31H,4-5,14-15H2,1-3H3/b23-20+/t22-/m0/s1. The van der Waals surface area contributed by atoms with Crippen molar-refractivity contribution in [3.05, 3.63) is 76.2 Å². The summed E-state index contributed by atoms with van der Waals surface area (Å²) in [4.78, 5) is 34.6. The number of aromatic nitrogens is 2. The van der Waals surface area contributed by atoms with Gasteiger partial charge in [0, 0.05) is 24.3 Å². The SMILES string of the molecule is CCN(CC)CCN1C(=O)C(=O)/C(=C(/O)c2c(C)nc3ccccn23)[C@@H]1c1ccc(Cl)cc1. The second-order valence-electron chi connectivity index (χ2n) is 8.05. The number of halogens is 1. The number of carbonyl (C=O) groups excluding carboxylic acids is 2. The van der Waals surface area contributed by atoms with Gasteiger partial charge in [-0.15, -0.1) is 0 Å². The molecule has 33 heavy (non-hydrogen) atoms. The zero-order chi connectivity index (χ0) is 23.7. The number of hydrogen-bond acceptors (Lipinski definition) is 5. The van der Waals surface area contributed by atoms with Crippen LogP contribution in [0.2, 0.25) is 5.02 Å². The van der Waals surface area contributed by atoms with Crippen molar-refractivity contribution in [1.82, 2.24) is 19.2 Å². The number of pyridine rings is 1. The van der Waals surface area contributed by atoms with Gasteiger partial charge in [0.1, 0.15) is 11.3 Å². The average molecular weight is 467 g/mol. The first-order chi connectivity index (χ1) is 15.9. The quantitative estimate of drug-likeness (QED) is 0.323. The molecule has 2 aromatic heterocycles. The van der Waals surface area contributed by atoms with Crippen LogP contribution in [0.25, 0.3) is 11.4 Å². The minimum Gasteiger partial charge on any atom is -0.505 e. The van der Waals surface area contributed by atoms with Gasteiger partial charge in [-0.25, -0.2) is 4.98 Å². The predicted molar refractivity (Wildman–Crippen MR) is 128 cm³/mol. The maximum Gasteiger partial charge on any atom is 0.295 e. The first-order valence-corrected chi connectivity index (χ1v) is 11.4. The van der Waals surface area contributed by atoms with Crippen LogP contribution in [0.15, 0.2) is 54.2 Å². The number of aliphatic hydroxyl groups excluding tert-OH is 1. The Labute approximate surface area is 197 Å². The number of hydrogen-bond donors (Lipinski definition) is 1. The van der Waals surface area contributed by atoms with E-state index in [1.165, 1.54) is 0 Å². The summed E-state index contributed by atoms with van der Waals surface area (Å²) in [5, 5.41) is 12.0. The molecule has 1 aliphatic rings. The topological polar surface area (TPSA) is 78.2 Å². The van der Waals surface area contributed by atoms with Gasteiger partial charge in [-0.1, -0.05) is 43.6 Å². The number of carbonyl (C=O) groups is 2. The van der Waals surface area contributed by atoms with Crippen molar-refractivity contribution in [1.29, 1.82) is 0 Å². The Morgan fingerprint density at radius 3 is 2.48 bits per heavy atom. The van der Waals surface area contributed by atoms with Crippen molar-refractivity contribution < 1.29 is 14.7 Å². The third kappa shape index (κ3) is 4.14. The third-order valence-corrected chi connectivity index (χ3v) is 6.46. The monoisotopic (exact) mass is 466 g/mol. The molecule has 0 radical (unpaired) electrons. The summed E-state index contributed by atoms with van der Waals surface area (Å²) in [5.74, 6) is -1.54. The van der Waals surface area contributed by atoms with Crippen LogP contribution < -0.4 is 0 Å². The molecule has 1 aromatic carbocycles. The maximum atomic E-state index is 13.3. The number of Topliss-reactive ketones (excluding diaryl/α,β-unsaturated/α-hetero) is 1. The molecule has 1 N–H and O–H groups in total. The lowest BCUT2D eigenvalue weighted by Gasteiger charge is -2.28. The summed E-state index contributed by atoms with van der Waals surface area (Å²) in [5.41, 5.74) is 2.41. The number of ketones is 1. The predicted octanol–water partition coefficient (Wildman–Crippen LogP) is 4.06. The molecule has 1 amide bonds. The van der Waals surface area contributed by atoms with E-state index in [1.807, 2.05) is 18.2 Å². The molecule has 4 rings (SSSR count). The maximum absolute atomic E-state index is 13.3. The smallest absolute Gasteiger partial charge is 0.295 e. The Kier molecular flexibility index (Phi) is 6.54. The second-order valence-corrected chi connectivity index (χ2v) is 8.48. The van der Waals surface area contributed by atoms with E-state index in [9.17, 15) is 14.7 Å². The summed E-state index contributed by atoms with van der Waals surface area (Å²) in [6, 6.07) is 11.8. The summed E-state index contributed by atoms with van der Waals surface area (Å²) in [6.45, 7) is 8.56. The molecule has 172 valence electrons. The van der Waals surface area contributed by atoms with E-state index in [0.717, 1.165) is 13.1 Å². The number of fused-ring (bicyclic) bond motifs is 1. The van der Waals surface area contributed by atoms with Crippen molar-refractivity contribution in [3.63, 3.8) is 0 Å². The van der Waals surface area contributed by atoms with Gasteiger partial charge in [0.15, 0.2) is 5.76 Å². The van der Waals surface area contributed by atoms with Gasteiger partial charge in [0.25, 0.3) is 11.7 Å². The molecular formula is C25H27ClN4O3. The number of likely N-dealkylation sites (N-methyl/N-ethyl adjacent to an activating group) is 1. The normalized spacial score (nSPS) is 18.1. The molecule has 8 heteroatoms. The minimum atomic E-state index is -0.716. The van der Waals surface area contributed by atoms with Gasteiger partial charge in [-0.2, -0.15) is 0 Å².